The molecule has 0 fully saturated rings. The van der Waals surface area contributed by atoms with Crippen molar-refractivity contribution in [1.29, 1.82) is 0 Å². The molecular formula is C19H21NO5. The Labute approximate surface area is 146 Å². The van der Waals surface area contributed by atoms with E-state index < -0.39 is 18.3 Å². The first-order valence-corrected chi connectivity index (χ1v) is 7.87. The van der Waals surface area contributed by atoms with Gasteiger partial charge < -0.3 is 20.3 Å². The number of ether oxygens (including phenoxy) is 1. The van der Waals surface area contributed by atoms with Crippen molar-refractivity contribution < 1.29 is 24.5 Å². The summed E-state index contributed by atoms with van der Waals surface area (Å²) in [6, 6.07) is 14.0. The van der Waals surface area contributed by atoms with E-state index in [2.05, 4.69) is 5.32 Å². The second-order valence-electron chi connectivity index (χ2n) is 5.69. The highest BCUT2D eigenvalue weighted by atomic mass is 16.5. The van der Waals surface area contributed by atoms with Gasteiger partial charge in [-0.05, 0) is 23.6 Å². The normalized spacial score (nSPS) is 12.9. The van der Waals surface area contributed by atoms with Crippen LogP contribution in [0.1, 0.15) is 33.2 Å². The van der Waals surface area contributed by atoms with E-state index in [9.17, 15) is 19.8 Å². The van der Waals surface area contributed by atoms with Crippen molar-refractivity contribution in [3.8, 4) is 0 Å². The van der Waals surface area contributed by atoms with Gasteiger partial charge in [0.15, 0.2) is 0 Å². The van der Waals surface area contributed by atoms with Gasteiger partial charge in [-0.15, -0.1) is 0 Å². The third-order valence-electron chi connectivity index (χ3n) is 3.80. The smallest absolute Gasteiger partial charge is 0.407 e. The minimum Gasteiger partial charge on any atom is -0.445 e. The van der Waals surface area contributed by atoms with Crippen LogP contribution < -0.4 is 5.32 Å². The molecule has 0 saturated carbocycles. The molecule has 2 aromatic rings. The van der Waals surface area contributed by atoms with Crippen LogP contribution in [0.25, 0.3) is 0 Å². The van der Waals surface area contributed by atoms with Gasteiger partial charge in [-0.25, -0.2) is 4.79 Å². The van der Waals surface area contributed by atoms with E-state index in [-0.39, 0.29) is 13.2 Å². The lowest BCUT2D eigenvalue weighted by molar-refractivity contribution is 0.0183. The zero-order valence-corrected chi connectivity index (χ0v) is 13.9. The Balaban J connectivity index is 1.82. The number of amides is 1. The standard InChI is InChI=1S/C19H21NO5/c1-13-9-15(7-8-16(13)11-21)18(23)17(22)10-20-19(24)25-12-14-5-3-2-4-6-14/h2-9,11,17-18,22-23H,10,12H2,1H3,(H,20,24). The van der Waals surface area contributed by atoms with Crippen LogP contribution >= 0.6 is 0 Å². The van der Waals surface area contributed by atoms with Crippen molar-refractivity contribution in [1.82, 2.24) is 5.32 Å². The number of rotatable bonds is 7. The van der Waals surface area contributed by atoms with E-state index >= 15 is 0 Å². The molecule has 6 nitrogen and oxygen atoms in total. The molecule has 6 heteroatoms. The predicted octanol–water partition coefficient (Wildman–Crippen LogP) is 2.13. The van der Waals surface area contributed by atoms with Crippen molar-refractivity contribution >= 4 is 12.4 Å². The molecule has 2 aromatic carbocycles. The third-order valence-corrected chi connectivity index (χ3v) is 3.80. The largest absolute Gasteiger partial charge is 0.445 e. The second-order valence-corrected chi connectivity index (χ2v) is 5.69. The summed E-state index contributed by atoms with van der Waals surface area (Å²) < 4.78 is 5.03. The van der Waals surface area contributed by atoms with Gasteiger partial charge in [0.25, 0.3) is 0 Å². The van der Waals surface area contributed by atoms with Crippen molar-refractivity contribution in [2.45, 2.75) is 25.7 Å². The molecule has 0 radical (unpaired) electrons. The van der Waals surface area contributed by atoms with Gasteiger partial charge in [-0.2, -0.15) is 0 Å². The topological polar surface area (TPSA) is 95.9 Å². The number of hydrogen-bond acceptors (Lipinski definition) is 5. The van der Waals surface area contributed by atoms with Crippen molar-refractivity contribution in [3.05, 3.63) is 70.8 Å². The summed E-state index contributed by atoms with van der Waals surface area (Å²) in [5.41, 5.74) is 2.54. The van der Waals surface area contributed by atoms with Crippen molar-refractivity contribution in [3.63, 3.8) is 0 Å². The number of alkyl carbamates (subject to hydrolysis) is 1. The van der Waals surface area contributed by atoms with Gasteiger partial charge in [-0.3, -0.25) is 4.79 Å². The fraction of sp³-hybridized carbons (Fsp3) is 0.263. The monoisotopic (exact) mass is 343 g/mol. The molecule has 0 saturated heterocycles. The number of aldehydes is 1. The molecule has 0 aliphatic carbocycles. The van der Waals surface area contributed by atoms with E-state index in [1.165, 1.54) is 0 Å². The lowest BCUT2D eigenvalue weighted by atomic mass is 9.99. The van der Waals surface area contributed by atoms with Gasteiger partial charge >= 0.3 is 6.09 Å². The number of nitrogens with one attached hydrogen (secondary N) is 1. The van der Waals surface area contributed by atoms with Crippen LogP contribution in [0.2, 0.25) is 0 Å². The molecule has 0 aromatic heterocycles. The molecule has 2 atom stereocenters. The zero-order valence-electron chi connectivity index (χ0n) is 13.9. The average Bonchev–Trinajstić information content (AvgIpc) is 2.64. The van der Waals surface area contributed by atoms with E-state index in [4.69, 9.17) is 4.74 Å². The highest BCUT2D eigenvalue weighted by Gasteiger charge is 2.20. The first-order valence-electron chi connectivity index (χ1n) is 7.87. The Morgan fingerprint density at radius 2 is 1.92 bits per heavy atom. The maximum atomic E-state index is 11.7. The SMILES string of the molecule is Cc1cc(C(O)C(O)CNC(=O)OCc2ccccc2)ccc1C=O. The first-order chi connectivity index (χ1) is 12.0. The van der Waals surface area contributed by atoms with E-state index in [1.807, 2.05) is 30.3 Å². The van der Waals surface area contributed by atoms with E-state index in [0.717, 1.165) is 11.8 Å². The number of hydrogen-bond donors (Lipinski definition) is 3. The fourth-order valence-corrected chi connectivity index (χ4v) is 2.31. The number of benzene rings is 2. The maximum absolute atomic E-state index is 11.7. The van der Waals surface area contributed by atoms with Gasteiger partial charge in [0, 0.05) is 12.1 Å². The van der Waals surface area contributed by atoms with Crippen LogP contribution in [-0.4, -0.2) is 35.2 Å². The molecule has 0 bridgehead atoms. The quantitative estimate of drug-likeness (QED) is 0.669. The minimum absolute atomic E-state index is 0.123. The molecule has 0 aliphatic rings. The third kappa shape index (κ3) is 5.41. The minimum atomic E-state index is -1.20. The second kappa shape index (κ2) is 8.96. The molecule has 0 spiro atoms. The van der Waals surface area contributed by atoms with Gasteiger partial charge in [0.2, 0.25) is 0 Å². The van der Waals surface area contributed by atoms with Gasteiger partial charge in [0.1, 0.15) is 25.1 Å². The lowest BCUT2D eigenvalue weighted by Crippen LogP contribution is -2.35. The molecule has 0 heterocycles. The van der Waals surface area contributed by atoms with Crippen LogP contribution in [0.4, 0.5) is 4.79 Å². The Hall–Kier alpha value is -2.70. The summed E-state index contributed by atoms with van der Waals surface area (Å²) in [6.45, 7) is 1.70. The molecule has 3 N–H and O–H groups in total. The Morgan fingerprint density at radius 3 is 2.56 bits per heavy atom. The Morgan fingerprint density at radius 1 is 1.20 bits per heavy atom. The van der Waals surface area contributed by atoms with Crippen LogP contribution in [0.15, 0.2) is 48.5 Å². The molecule has 0 aliphatic heterocycles. The highest BCUT2D eigenvalue weighted by Crippen LogP contribution is 2.19. The molecule has 2 rings (SSSR count). The summed E-state index contributed by atoms with van der Waals surface area (Å²) in [7, 11) is 0. The maximum Gasteiger partial charge on any atom is 0.407 e. The number of aliphatic hydroxyl groups is 2. The molecule has 25 heavy (non-hydrogen) atoms. The Kier molecular flexibility index (Phi) is 6.68. The Bertz CT molecular complexity index is 717. The molecule has 132 valence electrons. The molecular weight excluding hydrogens is 322 g/mol. The van der Waals surface area contributed by atoms with Crippen LogP contribution in [0, 0.1) is 6.92 Å². The van der Waals surface area contributed by atoms with Crippen molar-refractivity contribution in [2.24, 2.45) is 0 Å². The van der Waals surface area contributed by atoms with E-state index in [1.54, 1.807) is 25.1 Å². The molecule has 1 amide bonds. The number of carbonyl (C=O) groups excluding carboxylic acids is 2. The summed E-state index contributed by atoms with van der Waals surface area (Å²) in [5, 5.41) is 22.6. The number of carbonyl (C=O) groups is 2. The number of aryl methyl sites for hydroxylation is 1. The predicted molar refractivity (Wildman–Crippen MR) is 92.2 cm³/mol. The van der Waals surface area contributed by atoms with Crippen molar-refractivity contribution in [2.75, 3.05) is 6.54 Å². The zero-order chi connectivity index (χ0) is 18.2. The van der Waals surface area contributed by atoms with E-state index in [0.29, 0.717) is 16.7 Å². The van der Waals surface area contributed by atoms with Crippen LogP contribution in [-0.2, 0) is 11.3 Å². The fourth-order valence-electron chi connectivity index (χ4n) is 2.31. The van der Waals surface area contributed by atoms with Gasteiger partial charge in [0.05, 0.1) is 0 Å². The van der Waals surface area contributed by atoms with Gasteiger partial charge in [-0.1, -0.05) is 48.5 Å². The molecule has 2 unspecified atom stereocenters. The summed E-state index contributed by atoms with van der Waals surface area (Å²) in [6.07, 6.45) is -2.34. The van der Waals surface area contributed by atoms with Crippen LogP contribution in [0.3, 0.4) is 0 Å². The highest BCUT2D eigenvalue weighted by molar-refractivity contribution is 5.77. The number of aliphatic hydroxyl groups excluding tert-OH is 2. The first kappa shape index (κ1) is 18.6. The average molecular weight is 343 g/mol. The lowest BCUT2D eigenvalue weighted by Gasteiger charge is -2.19. The summed E-state index contributed by atoms with van der Waals surface area (Å²) >= 11 is 0. The summed E-state index contributed by atoms with van der Waals surface area (Å²) in [4.78, 5) is 22.5. The summed E-state index contributed by atoms with van der Waals surface area (Å²) in [5.74, 6) is 0. The van der Waals surface area contributed by atoms with Crippen LogP contribution in [0.5, 0.6) is 0 Å².